The lowest BCUT2D eigenvalue weighted by Gasteiger charge is -2.10. The van der Waals surface area contributed by atoms with E-state index in [1.54, 1.807) is 24.4 Å². The van der Waals surface area contributed by atoms with E-state index in [0.29, 0.717) is 20.7 Å². The van der Waals surface area contributed by atoms with Crippen LogP contribution in [-0.2, 0) is 6.18 Å². The molecule has 20 heavy (non-hydrogen) atoms. The molecule has 0 atom stereocenters. The lowest BCUT2D eigenvalue weighted by molar-refractivity contribution is -0.142. The minimum Gasteiger partial charge on any atom is -0.226 e. The first-order valence-electron chi connectivity index (χ1n) is 5.55. The molecule has 0 amide bonds. The number of aryl methyl sites for hydroxylation is 1. The molecule has 0 fully saturated rings. The Morgan fingerprint density at radius 3 is 2.70 bits per heavy atom. The third-order valence-corrected chi connectivity index (χ3v) is 4.58. The normalized spacial score (nSPS) is 12.2. The van der Waals surface area contributed by atoms with Crippen LogP contribution in [0.2, 0.25) is 0 Å². The van der Waals surface area contributed by atoms with Gasteiger partial charge in [-0.1, -0.05) is 6.07 Å². The summed E-state index contributed by atoms with van der Waals surface area (Å²) in [5.74, 6) is 0. The second-order valence-electron chi connectivity index (χ2n) is 4.14. The number of thiophene rings is 1. The van der Waals surface area contributed by atoms with Crippen LogP contribution in [0.15, 0.2) is 28.1 Å². The lowest BCUT2D eigenvalue weighted by atomic mass is 10.2. The van der Waals surface area contributed by atoms with Crippen molar-refractivity contribution in [3.05, 3.63) is 39.4 Å². The van der Waals surface area contributed by atoms with Crippen molar-refractivity contribution < 1.29 is 13.2 Å². The van der Waals surface area contributed by atoms with E-state index in [1.807, 2.05) is 0 Å². The van der Waals surface area contributed by atoms with E-state index in [2.05, 4.69) is 26.0 Å². The molecule has 3 aromatic rings. The zero-order valence-corrected chi connectivity index (χ0v) is 12.5. The van der Waals surface area contributed by atoms with E-state index in [1.165, 1.54) is 11.3 Å². The van der Waals surface area contributed by atoms with Crippen molar-refractivity contribution in [2.45, 2.75) is 13.1 Å². The lowest BCUT2D eigenvalue weighted by Crippen LogP contribution is -2.13. The van der Waals surface area contributed by atoms with E-state index >= 15 is 0 Å². The van der Waals surface area contributed by atoms with Crippen LogP contribution in [-0.4, -0.2) is 14.6 Å². The number of hydrogen-bond acceptors (Lipinski definition) is 3. The third-order valence-electron chi connectivity index (χ3n) is 2.76. The fraction of sp³-hybridized carbons (Fsp3) is 0.167. The standard InChI is InChI=1S/C12H7BrF3N3S/c1-6-10(13)11-17-7(8-3-2-4-20-8)5-9(12(14,15)16)19(11)18-6/h2-5H,1H3. The predicted octanol–water partition coefficient (Wildman–Crippen LogP) is 4.55. The van der Waals surface area contributed by atoms with E-state index < -0.39 is 11.9 Å². The zero-order valence-electron chi connectivity index (χ0n) is 10.1. The second kappa shape index (κ2) is 4.56. The molecule has 0 unspecified atom stereocenters. The van der Waals surface area contributed by atoms with Gasteiger partial charge in [-0.15, -0.1) is 11.3 Å². The Balaban J connectivity index is 2.38. The molecule has 0 radical (unpaired) electrons. The summed E-state index contributed by atoms with van der Waals surface area (Å²) in [6.45, 7) is 1.63. The Labute approximate surface area is 124 Å². The van der Waals surface area contributed by atoms with Gasteiger partial charge in [-0.25, -0.2) is 9.50 Å². The van der Waals surface area contributed by atoms with Crippen LogP contribution in [0.25, 0.3) is 16.2 Å². The summed E-state index contributed by atoms with van der Waals surface area (Å²) in [7, 11) is 0. The van der Waals surface area contributed by atoms with Gasteiger partial charge >= 0.3 is 6.18 Å². The van der Waals surface area contributed by atoms with Crippen LogP contribution in [0.5, 0.6) is 0 Å². The molecule has 8 heteroatoms. The number of rotatable bonds is 1. The molecule has 0 N–H and O–H groups in total. The summed E-state index contributed by atoms with van der Waals surface area (Å²) in [5, 5.41) is 5.69. The molecular weight excluding hydrogens is 355 g/mol. The number of fused-ring (bicyclic) bond motifs is 1. The molecule has 3 nitrogen and oxygen atoms in total. The molecule has 104 valence electrons. The molecule has 3 aromatic heterocycles. The molecule has 0 saturated carbocycles. The first-order valence-corrected chi connectivity index (χ1v) is 7.22. The van der Waals surface area contributed by atoms with Crippen molar-refractivity contribution in [2.24, 2.45) is 0 Å². The van der Waals surface area contributed by atoms with Crippen LogP contribution in [0.3, 0.4) is 0 Å². The van der Waals surface area contributed by atoms with Crippen LogP contribution in [0, 0.1) is 6.92 Å². The van der Waals surface area contributed by atoms with Crippen LogP contribution < -0.4 is 0 Å². The number of aromatic nitrogens is 3. The molecule has 0 aliphatic carbocycles. The largest absolute Gasteiger partial charge is 0.433 e. The van der Waals surface area contributed by atoms with Crippen molar-refractivity contribution >= 4 is 32.9 Å². The Bertz CT molecular complexity index is 777. The summed E-state index contributed by atoms with van der Waals surface area (Å²) in [6.07, 6.45) is -4.49. The van der Waals surface area contributed by atoms with E-state index in [4.69, 9.17) is 0 Å². The maximum atomic E-state index is 13.2. The smallest absolute Gasteiger partial charge is 0.226 e. The van der Waals surface area contributed by atoms with Crippen molar-refractivity contribution in [3.63, 3.8) is 0 Å². The van der Waals surface area contributed by atoms with Crippen LogP contribution in [0.1, 0.15) is 11.4 Å². The minimum atomic E-state index is -4.49. The highest BCUT2D eigenvalue weighted by Crippen LogP contribution is 2.35. The first kappa shape index (κ1) is 13.6. The molecule has 0 aliphatic heterocycles. The molecule has 3 heterocycles. The predicted molar refractivity (Wildman–Crippen MR) is 73.7 cm³/mol. The maximum absolute atomic E-state index is 13.2. The monoisotopic (exact) mass is 361 g/mol. The quantitative estimate of drug-likeness (QED) is 0.636. The summed E-state index contributed by atoms with van der Waals surface area (Å²) in [4.78, 5) is 4.96. The second-order valence-corrected chi connectivity index (χ2v) is 5.88. The van der Waals surface area contributed by atoms with E-state index in [-0.39, 0.29) is 5.65 Å². The highest BCUT2D eigenvalue weighted by atomic mass is 79.9. The average molecular weight is 362 g/mol. The van der Waals surface area contributed by atoms with E-state index in [9.17, 15) is 13.2 Å². The Kier molecular flexibility index (Phi) is 3.09. The molecule has 0 bridgehead atoms. The molecule has 3 rings (SSSR count). The Morgan fingerprint density at radius 1 is 1.35 bits per heavy atom. The van der Waals surface area contributed by atoms with Crippen molar-refractivity contribution in [1.82, 2.24) is 14.6 Å². The van der Waals surface area contributed by atoms with Gasteiger partial charge in [-0.05, 0) is 40.4 Å². The molecule has 0 aliphatic rings. The van der Waals surface area contributed by atoms with Gasteiger partial charge in [0.25, 0.3) is 0 Å². The van der Waals surface area contributed by atoms with Crippen LogP contribution >= 0.6 is 27.3 Å². The van der Waals surface area contributed by atoms with Crippen molar-refractivity contribution in [1.29, 1.82) is 0 Å². The van der Waals surface area contributed by atoms with Crippen molar-refractivity contribution in [3.8, 4) is 10.6 Å². The van der Waals surface area contributed by atoms with Gasteiger partial charge in [-0.2, -0.15) is 18.3 Å². The van der Waals surface area contributed by atoms with Gasteiger partial charge in [0.15, 0.2) is 11.3 Å². The molecular formula is C12H7BrF3N3S. The van der Waals surface area contributed by atoms with E-state index in [0.717, 1.165) is 10.6 Å². The van der Waals surface area contributed by atoms with Gasteiger partial charge in [-0.3, -0.25) is 0 Å². The number of halogens is 4. The molecule has 0 aromatic carbocycles. The summed E-state index contributed by atoms with van der Waals surface area (Å²) in [6, 6.07) is 4.54. The minimum absolute atomic E-state index is 0.167. The number of alkyl halides is 3. The fourth-order valence-electron chi connectivity index (χ4n) is 1.85. The highest BCUT2D eigenvalue weighted by Gasteiger charge is 2.35. The Hall–Kier alpha value is -1.41. The molecule has 0 spiro atoms. The maximum Gasteiger partial charge on any atom is 0.433 e. The summed E-state index contributed by atoms with van der Waals surface area (Å²) in [5.41, 5.74) is 0.0900. The number of nitrogens with zero attached hydrogens (tertiary/aromatic N) is 3. The zero-order chi connectivity index (χ0) is 14.5. The molecule has 0 saturated heterocycles. The van der Waals surface area contributed by atoms with Crippen molar-refractivity contribution in [2.75, 3.05) is 0 Å². The highest BCUT2D eigenvalue weighted by molar-refractivity contribution is 9.10. The van der Waals surface area contributed by atoms with Gasteiger partial charge in [0, 0.05) is 0 Å². The van der Waals surface area contributed by atoms with Gasteiger partial charge in [0.1, 0.15) is 0 Å². The summed E-state index contributed by atoms with van der Waals surface area (Å²) < 4.78 is 40.8. The topological polar surface area (TPSA) is 30.2 Å². The first-order chi connectivity index (χ1) is 9.38. The summed E-state index contributed by atoms with van der Waals surface area (Å²) >= 11 is 4.58. The van der Waals surface area contributed by atoms with Gasteiger partial charge in [0.2, 0.25) is 0 Å². The SMILES string of the molecule is Cc1nn2c(C(F)(F)F)cc(-c3cccs3)nc2c1Br. The number of hydrogen-bond donors (Lipinski definition) is 0. The Morgan fingerprint density at radius 2 is 2.10 bits per heavy atom. The van der Waals surface area contributed by atoms with Gasteiger partial charge in [0.05, 0.1) is 20.7 Å². The third kappa shape index (κ3) is 2.12. The average Bonchev–Trinajstić information content (AvgIpc) is 2.98. The van der Waals surface area contributed by atoms with Crippen LogP contribution in [0.4, 0.5) is 13.2 Å². The van der Waals surface area contributed by atoms with Gasteiger partial charge < -0.3 is 0 Å². The fourth-order valence-corrected chi connectivity index (χ4v) is 2.87.